The fourth-order valence-electron chi connectivity index (χ4n) is 2.27. The molecule has 0 radical (unpaired) electrons. The predicted octanol–water partition coefficient (Wildman–Crippen LogP) is 2.51. The monoisotopic (exact) mass is 219 g/mol. The van der Waals surface area contributed by atoms with Gasteiger partial charge in [0.2, 0.25) is 0 Å². The summed E-state index contributed by atoms with van der Waals surface area (Å²) in [6.45, 7) is 2.25. The Kier molecular flexibility index (Phi) is 3.31. The Hall–Kier alpha value is -0.860. The first kappa shape index (κ1) is 11.6. The SMILES string of the molecule is CCC(O)(CN)c1ccc(C2CCC2)cc1. The molecule has 0 aliphatic heterocycles. The Balaban J connectivity index is 2.17. The van der Waals surface area contributed by atoms with Crippen LogP contribution in [0.3, 0.4) is 0 Å². The zero-order valence-electron chi connectivity index (χ0n) is 9.95. The summed E-state index contributed by atoms with van der Waals surface area (Å²) < 4.78 is 0. The van der Waals surface area contributed by atoms with Gasteiger partial charge in [-0.3, -0.25) is 0 Å². The minimum absolute atomic E-state index is 0.284. The van der Waals surface area contributed by atoms with E-state index in [1.807, 2.05) is 19.1 Å². The van der Waals surface area contributed by atoms with Crippen molar-refractivity contribution in [3.8, 4) is 0 Å². The van der Waals surface area contributed by atoms with Gasteiger partial charge in [-0.25, -0.2) is 0 Å². The zero-order chi connectivity index (χ0) is 11.6. The van der Waals surface area contributed by atoms with E-state index in [2.05, 4.69) is 12.1 Å². The smallest absolute Gasteiger partial charge is 0.102 e. The summed E-state index contributed by atoms with van der Waals surface area (Å²) in [5, 5.41) is 10.3. The van der Waals surface area contributed by atoms with Crippen LogP contribution in [0.15, 0.2) is 24.3 Å². The highest BCUT2D eigenvalue weighted by molar-refractivity contribution is 5.30. The number of hydrogen-bond acceptors (Lipinski definition) is 2. The summed E-state index contributed by atoms with van der Waals surface area (Å²) >= 11 is 0. The first-order chi connectivity index (χ1) is 7.69. The molecule has 0 amide bonds. The van der Waals surface area contributed by atoms with Crippen LogP contribution in [-0.4, -0.2) is 11.7 Å². The van der Waals surface area contributed by atoms with E-state index in [1.165, 1.54) is 24.8 Å². The van der Waals surface area contributed by atoms with E-state index in [-0.39, 0.29) is 6.54 Å². The highest BCUT2D eigenvalue weighted by Crippen LogP contribution is 2.37. The van der Waals surface area contributed by atoms with E-state index in [9.17, 15) is 5.11 Å². The fraction of sp³-hybridized carbons (Fsp3) is 0.571. The minimum Gasteiger partial charge on any atom is -0.384 e. The Bertz CT molecular complexity index is 336. The largest absolute Gasteiger partial charge is 0.384 e. The maximum atomic E-state index is 10.3. The van der Waals surface area contributed by atoms with Gasteiger partial charge in [0, 0.05) is 6.54 Å². The standard InChI is InChI=1S/C14H21NO/c1-2-14(16,10-15)13-8-6-12(7-9-13)11-4-3-5-11/h6-9,11,16H,2-5,10,15H2,1H3. The number of nitrogens with two attached hydrogens (primary N) is 1. The summed E-state index contributed by atoms with van der Waals surface area (Å²) in [7, 11) is 0. The van der Waals surface area contributed by atoms with Crippen LogP contribution in [-0.2, 0) is 5.60 Å². The molecule has 2 heteroatoms. The van der Waals surface area contributed by atoms with E-state index in [1.54, 1.807) is 0 Å². The number of rotatable bonds is 4. The molecule has 3 N–H and O–H groups in total. The van der Waals surface area contributed by atoms with Gasteiger partial charge < -0.3 is 10.8 Å². The number of benzene rings is 1. The molecule has 1 saturated carbocycles. The Morgan fingerprint density at radius 2 is 1.94 bits per heavy atom. The van der Waals surface area contributed by atoms with Gasteiger partial charge in [-0.1, -0.05) is 37.6 Å². The molecule has 2 nitrogen and oxygen atoms in total. The van der Waals surface area contributed by atoms with Crippen molar-refractivity contribution in [2.75, 3.05) is 6.54 Å². The molecule has 0 bridgehead atoms. The van der Waals surface area contributed by atoms with Crippen molar-refractivity contribution in [3.63, 3.8) is 0 Å². The van der Waals surface area contributed by atoms with Crippen LogP contribution in [0.25, 0.3) is 0 Å². The number of hydrogen-bond donors (Lipinski definition) is 2. The third-order valence-electron chi connectivity index (χ3n) is 3.95. The van der Waals surface area contributed by atoms with Gasteiger partial charge in [-0.05, 0) is 36.3 Å². The van der Waals surface area contributed by atoms with Crippen LogP contribution >= 0.6 is 0 Å². The lowest BCUT2D eigenvalue weighted by molar-refractivity contribution is 0.0418. The molecule has 0 aromatic heterocycles. The van der Waals surface area contributed by atoms with Gasteiger partial charge in [0.1, 0.15) is 5.60 Å². The zero-order valence-corrected chi connectivity index (χ0v) is 9.95. The number of aliphatic hydroxyl groups is 1. The average molecular weight is 219 g/mol. The lowest BCUT2D eigenvalue weighted by Crippen LogP contribution is -2.34. The normalized spacial score (nSPS) is 20.2. The van der Waals surface area contributed by atoms with Gasteiger partial charge in [0.15, 0.2) is 0 Å². The molecule has 2 rings (SSSR count). The van der Waals surface area contributed by atoms with E-state index >= 15 is 0 Å². The topological polar surface area (TPSA) is 46.2 Å². The first-order valence-electron chi connectivity index (χ1n) is 6.22. The molecular formula is C14H21NO. The molecule has 88 valence electrons. The van der Waals surface area contributed by atoms with E-state index in [0.29, 0.717) is 6.42 Å². The molecule has 1 aromatic rings. The summed E-state index contributed by atoms with van der Waals surface area (Å²) in [5.41, 5.74) is 7.14. The van der Waals surface area contributed by atoms with E-state index < -0.39 is 5.60 Å². The van der Waals surface area contributed by atoms with Crippen molar-refractivity contribution in [2.24, 2.45) is 5.73 Å². The Morgan fingerprint density at radius 3 is 2.31 bits per heavy atom. The molecule has 1 atom stereocenters. The quantitative estimate of drug-likeness (QED) is 0.817. The molecule has 1 aliphatic carbocycles. The maximum Gasteiger partial charge on any atom is 0.102 e. The fourth-order valence-corrected chi connectivity index (χ4v) is 2.27. The van der Waals surface area contributed by atoms with Crippen LogP contribution in [0.1, 0.15) is 49.7 Å². The van der Waals surface area contributed by atoms with Crippen molar-refractivity contribution in [3.05, 3.63) is 35.4 Å². The van der Waals surface area contributed by atoms with Gasteiger partial charge in [0.05, 0.1) is 0 Å². The van der Waals surface area contributed by atoms with Crippen LogP contribution in [0.2, 0.25) is 0 Å². The van der Waals surface area contributed by atoms with Crippen LogP contribution in [0, 0.1) is 0 Å². The summed E-state index contributed by atoms with van der Waals surface area (Å²) in [6.07, 6.45) is 4.64. The predicted molar refractivity (Wildman–Crippen MR) is 66.3 cm³/mol. The second-order valence-corrected chi connectivity index (χ2v) is 4.84. The molecule has 0 heterocycles. The maximum absolute atomic E-state index is 10.3. The Labute approximate surface area is 97.5 Å². The second-order valence-electron chi connectivity index (χ2n) is 4.84. The van der Waals surface area contributed by atoms with Gasteiger partial charge in [-0.15, -0.1) is 0 Å². The molecule has 1 unspecified atom stereocenters. The summed E-state index contributed by atoms with van der Waals surface area (Å²) in [5.74, 6) is 0.752. The molecular weight excluding hydrogens is 198 g/mol. The molecule has 1 aromatic carbocycles. The molecule has 16 heavy (non-hydrogen) atoms. The highest BCUT2D eigenvalue weighted by atomic mass is 16.3. The minimum atomic E-state index is -0.849. The van der Waals surface area contributed by atoms with Crippen molar-refractivity contribution >= 4 is 0 Å². The van der Waals surface area contributed by atoms with Gasteiger partial charge in [0.25, 0.3) is 0 Å². The third kappa shape index (κ3) is 2.00. The molecule has 1 aliphatic rings. The Morgan fingerprint density at radius 1 is 1.31 bits per heavy atom. The average Bonchev–Trinajstić information content (AvgIpc) is 2.27. The first-order valence-corrected chi connectivity index (χ1v) is 6.22. The lowest BCUT2D eigenvalue weighted by atomic mass is 9.79. The summed E-state index contributed by atoms with van der Waals surface area (Å²) in [6, 6.07) is 8.36. The summed E-state index contributed by atoms with van der Waals surface area (Å²) in [4.78, 5) is 0. The third-order valence-corrected chi connectivity index (χ3v) is 3.95. The van der Waals surface area contributed by atoms with E-state index in [0.717, 1.165) is 11.5 Å². The van der Waals surface area contributed by atoms with Crippen molar-refractivity contribution in [1.29, 1.82) is 0 Å². The van der Waals surface area contributed by atoms with E-state index in [4.69, 9.17) is 5.73 Å². The van der Waals surface area contributed by atoms with Crippen molar-refractivity contribution < 1.29 is 5.11 Å². The second kappa shape index (κ2) is 4.56. The highest BCUT2D eigenvalue weighted by Gasteiger charge is 2.26. The molecule has 0 spiro atoms. The molecule has 1 fully saturated rings. The van der Waals surface area contributed by atoms with Crippen LogP contribution in [0.4, 0.5) is 0 Å². The van der Waals surface area contributed by atoms with Crippen molar-refractivity contribution in [1.82, 2.24) is 0 Å². The van der Waals surface area contributed by atoms with Gasteiger partial charge >= 0.3 is 0 Å². The van der Waals surface area contributed by atoms with Crippen molar-refractivity contribution in [2.45, 2.75) is 44.1 Å². The van der Waals surface area contributed by atoms with Crippen LogP contribution in [0.5, 0.6) is 0 Å². The van der Waals surface area contributed by atoms with Crippen LogP contribution < -0.4 is 5.73 Å². The van der Waals surface area contributed by atoms with Gasteiger partial charge in [-0.2, -0.15) is 0 Å². The lowest BCUT2D eigenvalue weighted by Gasteiger charge is -2.28. The molecule has 0 saturated heterocycles.